The van der Waals surface area contributed by atoms with E-state index in [-0.39, 0.29) is 23.9 Å². The number of amides is 1. The van der Waals surface area contributed by atoms with Gasteiger partial charge in [-0.25, -0.2) is 9.18 Å². The Hall–Kier alpha value is -2.68. The fourth-order valence-corrected chi connectivity index (χ4v) is 3.01. The van der Waals surface area contributed by atoms with Crippen molar-refractivity contribution >= 4 is 23.5 Å². The lowest BCUT2D eigenvalue weighted by molar-refractivity contribution is -0.155. The molecule has 8 nitrogen and oxygen atoms in total. The van der Waals surface area contributed by atoms with Gasteiger partial charge in [0, 0.05) is 0 Å². The summed E-state index contributed by atoms with van der Waals surface area (Å²) >= 11 is 5.91. The summed E-state index contributed by atoms with van der Waals surface area (Å²) in [5.74, 6) is -0.982. The topological polar surface area (TPSA) is 97.5 Å². The number of hydrogen-bond acceptors (Lipinski definition) is 5. The van der Waals surface area contributed by atoms with E-state index in [0.717, 1.165) is 12.1 Å². The van der Waals surface area contributed by atoms with Gasteiger partial charge in [0.25, 0.3) is 5.91 Å². The van der Waals surface area contributed by atoms with Crippen LogP contribution in [0.4, 0.5) is 4.39 Å². The van der Waals surface area contributed by atoms with Crippen molar-refractivity contribution in [1.29, 1.82) is 0 Å². The van der Waals surface area contributed by atoms with E-state index < -0.39 is 29.8 Å². The highest BCUT2D eigenvalue weighted by Crippen LogP contribution is 2.27. The van der Waals surface area contributed by atoms with Crippen molar-refractivity contribution in [2.75, 3.05) is 0 Å². The van der Waals surface area contributed by atoms with E-state index in [9.17, 15) is 19.1 Å². The van der Waals surface area contributed by atoms with Gasteiger partial charge in [-0.05, 0) is 32.0 Å². The van der Waals surface area contributed by atoms with Gasteiger partial charge in [-0.2, -0.15) is 0 Å². The number of benzene rings is 1. The van der Waals surface area contributed by atoms with Gasteiger partial charge < -0.3 is 19.3 Å². The van der Waals surface area contributed by atoms with Crippen LogP contribution in [0.5, 0.6) is 5.75 Å². The minimum Gasteiger partial charge on any atom is -0.480 e. The first kappa shape index (κ1) is 18.1. The molecule has 0 saturated carbocycles. The van der Waals surface area contributed by atoms with Crippen LogP contribution in [-0.2, 0) is 22.7 Å². The Balaban J connectivity index is 1.81. The number of aromatic nitrogens is 3. The molecule has 1 aliphatic heterocycles. The van der Waals surface area contributed by atoms with E-state index in [1.807, 2.05) is 0 Å². The lowest BCUT2D eigenvalue weighted by Crippen LogP contribution is -2.54. The van der Waals surface area contributed by atoms with Crippen LogP contribution in [0.25, 0.3) is 0 Å². The summed E-state index contributed by atoms with van der Waals surface area (Å²) in [4.78, 5) is 25.6. The van der Waals surface area contributed by atoms with Gasteiger partial charge in [0.1, 0.15) is 23.4 Å². The molecule has 0 fully saturated rings. The van der Waals surface area contributed by atoms with Crippen molar-refractivity contribution in [3.05, 3.63) is 40.7 Å². The number of rotatable bonds is 4. The Kier molecular flexibility index (Phi) is 4.82. The molecule has 2 heterocycles. The zero-order valence-corrected chi connectivity index (χ0v) is 14.8. The van der Waals surface area contributed by atoms with Gasteiger partial charge >= 0.3 is 5.97 Å². The zero-order valence-electron chi connectivity index (χ0n) is 14.0. The first-order chi connectivity index (χ1) is 12.3. The Bertz CT molecular complexity index is 872. The minimum atomic E-state index is -1.14. The fraction of sp³-hybridized carbons (Fsp3) is 0.375. The maximum absolute atomic E-state index is 13.1. The number of carbonyl (C=O) groups is 2. The van der Waals surface area contributed by atoms with E-state index in [4.69, 9.17) is 16.3 Å². The second kappa shape index (κ2) is 6.91. The molecule has 138 valence electrons. The summed E-state index contributed by atoms with van der Waals surface area (Å²) in [6.07, 6.45) is -1.02. The average Bonchev–Trinajstić information content (AvgIpc) is 2.96. The highest BCUT2D eigenvalue weighted by molar-refractivity contribution is 6.32. The number of halogens is 2. The van der Waals surface area contributed by atoms with Crippen LogP contribution < -0.4 is 4.74 Å². The van der Waals surface area contributed by atoms with Gasteiger partial charge in [-0.3, -0.25) is 4.79 Å². The number of nitrogens with zero attached hydrogens (tertiary/aromatic N) is 4. The smallest absolute Gasteiger partial charge is 0.328 e. The van der Waals surface area contributed by atoms with Crippen molar-refractivity contribution in [2.24, 2.45) is 0 Å². The van der Waals surface area contributed by atoms with Crippen molar-refractivity contribution in [3.8, 4) is 5.75 Å². The first-order valence-electron chi connectivity index (χ1n) is 7.81. The van der Waals surface area contributed by atoms with Crippen LogP contribution in [0.3, 0.4) is 0 Å². The third-order valence-corrected chi connectivity index (χ3v) is 4.46. The molecule has 1 amide bonds. The van der Waals surface area contributed by atoms with E-state index >= 15 is 0 Å². The third-order valence-electron chi connectivity index (χ3n) is 4.17. The maximum Gasteiger partial charge on any atom is 0.328 e. The Morgan fingerprint density at radius 1 is 1.42 bits per heavy atom. The fourth-order valence-electron chi connectivity index (χ4n) is 2.80. The molecule has 0 spiro atoms. The Labute approximate surface area is 153 Å². The van der Waals surface area contributed by atoms with E-state index in [0.29, 0.717) is 11.6 Å². The number of aliphatic carboxylic acids is 1. The van der Waals surface area contributed by atoms with Crippen molar-refractivity contribution < 1.29 is 23.8 Å². The van der Waals surface area contributed by atoms with E-state index in [1.165, 1.54) is 17.9 Å². The van der Waals surface area contributed by atoms with E-state index in [2.05, 4.69) is 10.2 Å². The molecule has 1 aromatic carbocycles. The molecule has 0 radical (unpaired) electrons. The van der Waals surface area contributed by atoms with Gasteiger partial charge in [0.15, 0.2) is 11.9 Å². The molecular weight excluding hydrogens is 367 g/mol. The van der Waals surface area contributed by atoms with Crippen LogP contribution in [-0.4, -0.2) is 48.8 Å². The van der Waals surface area contributed by atoms with Crippen LogP contribution in [0.2, 0.25) is 5.02 Å². The molecule has 1 aromatic heterocycles. The Morgan fingerprint density at radius 2 is 2.15 bits per heavy atom. The monoisotopic (exact) mass is 382 g/mol. The highest BCUT2D eigenvalue weighted by atomic mass is 35.5. The van der Waals surface area contributed by atoms with Crippen molar-refractivity contribution in [3.63, 3.8) is 0 Å². The van der Waals surface area contributed by atoms with Gasteiger partial charge in [0.05, 0.1) is 18.1 Å². The first-order valence-corrected chi connectivity index (χ1v) is 8.19. The third kappa shape index (κ3) is 3.34. The second-order valence-corrected chi connectivity index (χ2v) is 6.34. The van der Waals surface area contributed by atoms with Crippen LogP contribution in [0, 0.1) is 12.7 Å². The number of fused-ring (bicyclic) bond motifs is 1. The molecule has 26 heavy (non-hydrogen) atoms. The summed E-state index contributed by atoms with van der Waals surface area (Å²) in [5.41, 5.74) is 0. The standard InChI is InChI=1S/C16H16ClFN4O4/c1-8(26-13-4-3-10(18)5-11(13)17)15(23)22-7-14-20-19-9(2)21(14)6-12(22)16(24)25/h3-5,8,12H,6-7H2,1-2H3,(H,24,25). The summed E-state index contributed by atoms with van der Waals surface area (Å²) in [7, 11) is 0. The number of ether oxygens (including phenoxy) is 1. The SMILES string of the molecule is Cc1nnc2n1CC(C(=O)O)N(C(=O)C(C)Oc1ccc(F)cc1Cl)C2. The van der Waals surface area contributed by atoms with E-state index in [1.54, 1.807) is 11.5 Å². The lowest BCUT2D eigenvalue weighted by atomic mass is 10.1. The molecule has 2 atom stereocenters. The summed E-state index contributed by atoms with van der Waals surface area (Å²) < 4.78 is 20.3. The normalized spacial score (nSPS) is 17.5. The number of aryl methyl sites for hydroxylation is 1. The predicted molar refractivity (Wildman–Crippen MR) is 88.2 cm³/mol. The summed E-state index contributed by atoms with van der Waals surface area (Å²) in [5, 5.41) is 17.4. The highest BCUT2D eigenvalue weighted by Gasteiger charge is 2.38. The molecule has 1 N–H and O–H groups in total. The lowest BCUT2D eigenvalue weighted by Gasteiger charge is -2.35. The maximum atomic E-state index is 13.1. The molecule has 2 unspecified atom stereocenters. The minimum absolute atomic E-state index is 0.00148. The predicted octanol–water partition coefficient (Wildman–Crippen LogP) is 1.64. The summed E-state index contributed by atoms with van der Waals surface area (Å²) in [6, 6.07) is 2.47. The molecule has 3 rings (SSSR count). The molecule has 0 bridgehead atoms. The molecule has 0 aliphatic carbocycles. The average molecular weight is 383 g/mol. The van der Waals surface area contributed by atoms with Gasteiger partial charge in [-0.15, -0.1) is 10.2 Å². The molecule has 0 saturated heterocycles. The van der Waals surface area contributed by atoms with Crippen molar-refractivity contribution in [1.82, 2.24) is 19.7 Å². The largest absolute Gasteiger partial charge is 0.480 e. The Morgan fingerprint density at radius 3 is 2.81 bits per heavy atom. The molecule has 2 aromatic rings. The number of carboxylic acid groups (broad SMARTS) is 1. The summed E-state index contributed by atoms with van der Waals surface area (Å²) in [6.45, 7) is 3.25. The van der Waals surface area contributed by atoms with Crippen LogP contribution in [0.15, 0.2) is 18.2 Å². The van der Waals surface area contributed by atoms with Gasteiger partial charge in [0.2, 0.25) is 0 Å². The van der Waals surface area contributed by atoms with Crippen LogP contribution in [0.1, 0.15) is 18.6 Å². The zero-order chi connectivity index (χ0) is 19.0. The molecule has 1 aliphatic rings. The van der Waals surface area contributed by atoms with Gasteiger partial charge in [-0.1, -0.05) is 11.6 Å². The van der Waals surface area contributed by atoms with Crippen molar-refractivity contribution in [2.45, 2.75) is 39.1 Å². The second-order valence-electron chi connectivity index (χ2n) is 5.93. The van der Waals surface area contributed by atoms with Crippen LogP contribution >= 0.6 is 11.6 Å². The molecular formula is C16H16ClFN4O4. The number of hydrogen-bond donors (Lipinski definition) is 1. The molecule has 10 heteroatoms. The number of carboxylic acids is 1. The number of carbonyl (C=O) groups excluding carboxylic acids is 1. The quantitative estimate of drug-likeness (QED) is 0.863.